The molecule has 1 amide bonds. The third-order valence-electron chi connectivity index (χ3n) is 3.68. The molecule has 0 aliphatic carbocycles. The predicted molar refractivity (Wildman–Crippen MR) is 105 cm³/mol. The van der Waals surface area contributed by atoms with Gasteiger partial charge >= 0.3 is 5.97 Å². The fraction of sp³-hybridized carbons (Fsp3) is 0.105. The van der Waals surface area contributed by atoms with Crippen LogP contribution in [0.1, 0.15) is 15.9 Å². The van der Waals surface area contributed by atoms with Crippen LogP contribution < -0.4 is 9.47 Å². The van der Waals surface area contributed by atoms with E-state index in [9.17, 15) is 9.59 Å². The molecular formula is C19H15NO4S2. The fourth-order valence-electron chi connectivity index (χ4n) is 2.29. The van der Waals surface area contributed by atoms with Crippen LogP contribution in [0.15, 0.2) is 53.4 Å². The van der Waals surface area contributed by atoms with E-state index < -0.39 is 5.97 Å². The summed E-state index contributed by atoms with van der Waals surface area (Å²) in [6, 6.07) is 13.8. The molecule has 0 saturated carbocycles. The van der Waals surface area contributed by atoms with Crippen LogP contribution in [0, 0.1) is 0 Å². The van der Waals surface area contributed by atoms with Crippen molar-refractivity contribution in [1.29, 1.82) is 0 Å². The van der Waals surface area contributed by atoms with Crippen molar-refractivity contribution >= 4 is 46.3 Å². The number of esters is 1. The number of thiocarbonyl (C=S) groups is 1. The van der Waals surface area contributed by atoms with Crippen LogP contribution in [0.3, 0.4) is 0 Å². The highest BCUT2D eigenvalue weighted by atomic mass is 32.2. The standard InChI is InChI=1S/C19H15NO4S2/c1-20-17(21)16(26-19(20)25)11-12-8-9-14(15(10-12)23-2)24-18(22)13-6-4-3-5-7-13/h3-11H,1-2H3/b16-11+. The Balaban J connectivity index is 1.83. The summed E-state index contributed by atoms with van der Waals surface area (Å²) in [7, 11) is 3.13. The lowest BCUT2D eigenvalue weighted by Gasteiger charge is -2.10. The fourth-order valence-corrected chi connectivity index (χ4v) is 3.47. The van der Waals surface area contributed by atoms with Crippen LogP contribution in [-0.2, 0) is 4.79 Å². The number of benzene rings is 2. The first-order chi connectivity index (χ1) is 12.5. The van der Waals surface area contributed by atoms with Gasteiger partial charge in [0.25, 0.3) is 5.91 Å². The molecule has 1 aliphatic heterocycles. The Morgan fingerprint density at radius 2 is 1.88 bits per heavy atom. The first-order valence-electron chi connectivity index (χ1n) is 7.66. The van der Waals surface area contributed by atoms with Crippen molar-refractivity contribution < 1.29 is 19.1 Å². The summed E-state index contributed by atoms with van der Waals surface area (Å²) in [5.74, 6) is 0.0959. The minimum absolute atomic E-state index is 0.140. The Bertz CT molecular complexity index is 909. The first kappa shape index (κ1) is 18.2. The second-order valence-electron chi connectivity index (χ2n) is 5.41. The number of nitrogens with zero attached hydrogens (tertiary/aromatic N) is 1. The number of carbonyl (C=O) groups excluding carboxylic acids is 2. The zero-order chi connectivity index (χ0) is 18.7. The average molecular weight is 385 g/mol. The molecule has 7 heteroatoms. The van der Waals surface area contributed by atoms with Gasteiger partial charge in [-0.05, 0) is 35.9 Å². The zero-order valence-corrected chi connectivity index (χ0v) is 15.7. The summed E-state index contributed by atoms with van der Waals surface area (Å²) in [6.45, 7) is 0. The number of hydrogen-bond acceptors (Lipinski definition) is 6. The van der Waals surface area contributed by atoms with Gasteiger partial charge in [-0.15, -0.1) is 0 Å². The molecule has 26 heavy (non-hydrogen) atoms. The molecule has 3 rings (SSSR count). The highest BCUT2D eigenvalue weighted by molar-refractivity contribution is 8.26. The van der Waals surface area contributed by atoms with Crippen molar-refractivity contribution in [1.82, 2.24) is 4.90 Å². The second-order valence-corrected chi connectivity index (χ2v) is 7.08. The topological polar surface area (TPSA) is 55.8 Å². The third-order valence-corrected chi connectivity index (χ3v) is 5.17. The minimum atomic E-state index is -0.469. The number of likely N-dealkylation sites (N-methyl/N-ethyl adjacent to an activating group) is 1. The average Bonchev–Trinajstić information content (AvgIpc) is 2.90. The SMILES string of the molecule is COc1cc(/C=C2/SC(=S)N(C)C2=O)ccc1OC(=O)c1ccccc1. The summed E-state index contributed by atoms with van der Waals surface area (Å²) in [5.41, 5.74) is 1.19. The van der Waals surface area contributed by atoms with Gasteiger partial charge < -0.3 is 9.47 Å². The largest absolute Gasteiger partial charge is 0.493 e. The van der Waals surface area contributed by atoms with Gasteiger partial charge in [0, 0.05) is 7.05 Å². The summed E-state index contributed by atoms with van der Waals surface area (Å²) < 4.78 is 11.3. The van der Waals surface area contributed by atoms with Crippen molar-refractivity contribution in [3.05, 3.63) is 64.6 Å². The second kappa shape index (κ2) is 7.72. The van der Waals surface area contributed by atoms with Crippen LogP contribution in [-0.4, -0.2) is 35.3 Å². The number of methoxy groups -OCH3 is 1. The number of carbonyl (C=O) groups is 2. The smallest absolute Gasteiger partial charge is 0.343 e. The lowest BCUT2D eigenvalue weighted by atomic mass is 10.1. The number of amides is 1. The molecule has 0 N–H and O–H groups in total. The zero-order valence-electron chi connectivity index (χ0n) is 14.1. The van der Waals surface area contributed by atoms with Crippen LogP contribution in [0.5, 0.6) is 11.5 Å². The van der Waals surface area contributed by atoms with E-state index in [4.69, 9.17) is 21.7 Å². The molecule has 1 aliphatic rings. The molecule has 0 unspecified atom stereocenters. The summed E-state index contributed by atoms with van der Waals surface area (Å²) >= 11 is 6.37. The molecule has 1 saturated heterocycles. The summed E-state index contributed by atoms with van der Waals surface area (Å²) in [5, 5.41) is 0. The Hall–Kier alpha value is -2.64. The van der Waals surface area contributed by atoms with Crippen LogP contribution in [0.25, 0.3) is 6.08 Å². The molecule has 1 fully saturated rings. The van der Waals surface area contributed by atoms with Crippen LogP contribution in [0.2, 0.25) is 0 Å². The van der Waals surface area contributed by atoms with Crippen LogP contribution >= 0.6 is 24.0 Å². The monoisotopic (exact) mass is 385 g/mol. The molecule has 2 aromatic carbocycles. The van der Waals surface area contributed by atoms with E-state index in [2.05, 4.69) is 0 Å². The maximum absolute atomic E-state index is 12.2. The van der Waals surface area contributed by atoms with E-state index in [0.29, 0.717) is 26.3 Å². The molecule has 132 valence electrons. The normalized spacial score (nSPS) is 15.5. The van der Waals surface area contributed by atoms with Crippen LogP contribution in [0.4, 0.5) is 0 Å². The highest BCUT2D eigenvalue weighted by Gasteiger charge is 2.28. The van der Waals surface area contributed by atoms with Gasteiger partial charge in [-0.3, -0.25) is 9.69 Å². The van der Waals surface area contributed by atoms with Crippen molar-refractivity contribution in [2.75, 3.05) is 14.2 Å². The molecule has 0 bridgehead atoms. The summed E-state index contributed by atoms with van der Waals surface area (Å²) in [4.78, 5) is 26.3. The third kappa shape index (κ3) is 3.79. The Labute approximate surface area is 160 Å². The predicted octanol–water partition coefficient (Wildman–Crippen LogP) is 3.75. The molecule has 0 spiro atoms. The van der Waals surface area contributed by atoms with Gasteiger partial charge in [0.15, 0.2) is 11.5 Å². The lowest BCUT2D eigenvalue weighted by molar-refractivity contribution is -0.121. The van der Waals surface area contributed by atoms with Gasteiger partial charge in [0.1, 0.15) is 4.32 Å². The maximum Gasteiger partial charge on any atom is 0.343 e. The van der Waals surface area contributed by atoms with E-state index in [0.717, 1.165) is 5.56 Å². The Kier molecular flexibility index (Phi) is 5.39. The van der Waals surface area contributed by atoms with Gasteiger partial charge in [-0.1, -0.05) is 48.2 Å². The van der Waals surface area contributed by atoms with Gasteiger partial charge in [-0.25, -0.2) is 4.79 Å². The molecule has 0 atom stereocenters. The highest BCUT2D eigenvalue weighted by Crippen LogP contribution is 2.34. The quantitative estimate of drug-likeness (QED) is 0.346. The van der Waals surface area contributed by atoms with E-state index in [1.807, 2.05) is 6.07 Å². The van der Waals surface area contributed by atoms with E-state index in [1.165, 1.54) is 23.8 Å². The Morgan fingerprint density at radius 1 is 1.15 bits per heavy atom. The number of rotatable bonds is 4. The maximum atomic E-state index is 12.2. The van der Waals surface area contributed by atoms with Crippen molar-refractivity contribution in [2.24, 2.45) is 0 Å². The summed E-state index contributed by atoms with van der Waals surface area (Å²) in [6.07, 6.45) is 1.73. The molecule has 2 aromatic rings. The van der Waals surface area contributed by atoms with Gasteiger partial charge in [-0.2, -0.15) is 0 Å². The van der Waals surface area contributed by atoms with E-state index in [-0.39, 0.29) is 5.91 Å². The Morgan fingerprint density at radius 3 is 2.50 bits per heavy atom. The van der Waals surface area contributed by atoms with Gasteiger partial charge in [0.05, 0.1) is 17.6 Å². The van der Waals surface area contributed by atoms with E-state index >= 15 is 0 Å². The lowest BCUT2D eigenvalue weighted by Crippen LogP contribution is -2.22. The van der Waals surface area contributed by atoms with E-state index in [1.54, 1.807) is 55.6 Å². The molecule has 0 radical (unpaired) electrons. The molecule has 5 nitrogen and oxygen atoms in total. The molecule has 1 heterocycles. The molecule has 0 aromatic heterocycles. The van der Waals surface area contributed by atoms with Crippen molar-refractivity contribution in [2.45, 2.75) is 0 Å². The van der Waals surface area contributed by atoms with Crippen molar-refractivity contribution in [3.8, 4) is 11.5 Å². The number of thioether (sulfide) groups is 1. The minimum Gasteiger partial charge on any atom is -0.493 e. The first-order valence-corrected chi connectivity index (χ1v) is 8.89. The number of hydrogen-bond donors (Lipinski definition) is 0. The van der Waals surface area contributed by atoms with Gasteiger partial charge in [0.2, 0.25) is 0 Å². The van der Waals surface area contributed by atoms with Crippen molar-refractivity contribution in [3.63, 3.8) is 0 Å². The number of ether oxygens (including phenoxy) is 2. The molecular weight excluding hydrogens is 370 g/mol.